The van der Waals surface area contributed by atoms with Crippen molar-refractivity contribution in [2.45, 2.75) is 6.42 Å². The van der Waals surface area contributed by atoms with E-state index in [0.29, 0.717) is 4.47 Å². The van der Waals surface area contributed by atoms with Crippen LogP contribution < -0.4 is 4.90 Å². The van der Waals surface area contributed by atoms with Crippen LogP contribution in [-0.4, -0.2) is 13.6 Å². The molecule has 0 amide bonds. The lowest BCUT2D eigenvalue weighted by atomic mass is 10.2. The molecular formula is C9H9BrFN. The molecule has 1 aromatic carbocycles. The minimum Gasteiger partial charge on any atom is -0.372 e. The molecule has 0 aliphatic carbocycles. The average Bonchev–Trinajstić information content (AvgIpc) is 2.41. The quantitative estimate of drug-likeness (QED) is 0.662. The molecule has 64 valence electrons. The number of hydrogen-bond acceptors (Lipinski definition) is 1. The molecule has 1 aromatic rings. The Bertz CT molecular complexity index is 325. The van der Waals surface area contributed by atoms with E-state index in [9.17, 15) is 4.39 Å². The lowest BCUT2D eigenvalue weighted by Gasteiger charge is -2.12. The Kier molecular flexibility index (Phi) is 1.83. The van der Waals surface area contributed by atoms with Gasteiger partial charge < -0.3 is 4.90 Å². The molecule has 0 radical (unpaired) electrons. The molecule has 1 nitrogen and oxygen atoms in total. The maximum Gasteiger partial charge on any atom is 0.160 e. The first-order valence-corrected chi connectivity index (χ1v) is 4.67. The zero-order valence-electron chi connectivity index (χ0n) is 6.77. The third-order valence-corrected chi connectivity index (χ3v) is 2.86. The summed E-state index contributed by atoms with van der Waals surface area (Å²) in [6.45, 7) is 0.919. The lowest BCUT2D eigenvalue weighted by Crippen LogP contribution is -2.13. The van der Waals surface area contributed by atoms with Crippen molar-refractivity contribution in [2.75, 3.05) is 18.5 Å². The average molecular weight is 230 g/mol. The Hall–Kier alpha value is -0.570. The van der Waals surface area contributed by atoms with Gasteiger partial charge in [0.2, 0.25) is 0 Å². The van der Waals surface area contributed by atoms with Gasteiger partial charge in [-0.05, 0) is 34.0 Å². The van der Waals surface area contributed by atoms with Crippen LogP contribution >= 0.6 is 15.9 Å². The van der Waals surface area contributed by atoms with Crippen LogP contribution in [0.25, 0.3) is 0 Å². The van der Waals surface area contributed by atoms with Gasteiger partial charge in [-0.3, -0.25) is 0 Å². The molecule has 1 heterocycles. The van der Waals surface area contributed by atoms with Crippen LogP contribution in [-0.2, 0) is 6.42 Å². The second kappa shape index (κ2) is 2.73. The van der Waals surface area contributed by atoms with Crippen molar-refractivity contribution in [2.24, 2.45) is 0 Å². The smallest absolute Gasteiger partial charge is 0.160 e. The van der Waals surface area contributed by atoms with Crippen LogP contribution in [0, 0.1) is 5.82 Å². The highest BCUT2D eigenvalue weighted by Gasteiger charge is 2.20. The van der Waals surface area contributed by atoms with Crippen molar-refractivity contribution >= 4 is 21.6 Å². The SMILES string of the molecule is CN1CCc2ccc(Br)c(F)c21. The van der Waals surface area contributed by atoms with Gasteiger partial charge in [0.1, 0.15) is 0 Å². The minimum absolute atomic E-state index is 0.132. The standard InChI is InChI=1S/C9H9BrFN/c1-12-5-4-6-2-3-7(10)8(11)9(6)12/h2-3H,4-5H2,1H3. The molecule has 1 aliphatic heterocycles. The van der Waals surface area contributed by atoms with Crippen molar-refractivity contribution in [1.29, 1.82) is 0 Å². The van der Waals surface area contributed by atoms with Gasteiger partial charge in [0.15, 0.2) is 5.82 Å². The molecule has 0 saturated carbocycles. The first kappa shape index (κ1) is 8.05. The van der Waals surface area contributed by atoms with Crippen molar-refractivity contribution in [3.05, 3.63) is 28.0 Å². The summed E-state index contributed by atoms with van der Waals surface area (Å²) in [4.78, 5) is 1.95. The van der Waals surface area contributed by atoms with E-state index in [-0.39, 0.29) is 5.82 Å². The third kappa shape index (κ3) is 1.04. The summed E-state index contributed by atoms with van der Waals surface area (Å²) in [6.07, 6.45) is 0.954. The van der Waals surface area contributed by atoms with Crippen molar-refractivity contribution in [1.82, 2.24) is 0 Å². The maximum atomic E-state index is 13.5. The molecule has 2 rings (SSSR count). The summed E-state index contributed by atoms with van der Waals surface area (Å²) in [7, 11) is 1.92. The lowest BCUT2D eigenvalue weighted by molar-refractivity contribution is 0.620. The summed E-state index contributed by atoms with van der Waals surface area (Å²) >= 11 is 3.17. The highest BCUT2D eigenvalue weighted by Crippen LogP contribution is 2.33. The van der Waals surface area contributed by atoms with Crippen LogP contribution in [0.15, 0.2) is 16.6 Å². The maximum absolute atomic E-state index is 13.5. The number of hydrogen-bond donors (Lipinski definition) is 0. The largest absolute Gasteiger partial charge is 0.372 e. The fourth-order valence-electron chi connectivity index (χ4n) is 1.59. The van der Waals surface area contributed by atoms with Crippen LogP contribution in [0.5, 0.6) is 0 Å². The van der Waals surface area contributed by atoms with Gasteiger partial charge in [-0.1, -0.05) is 6.07 Å². The number of nitrogens with zero attached hydrogens (tertiary/aromatic N) is 1. The van der Waals surface area contributed by atoms with Crippen molar-refractivity contribution in [3.63, 3.8) is 0 Å². The number of fused-ring (bicyclic) bond motifs is 1. The number of halogens is 2. The Morgan fingerprint density at radius 2 is 2.25 bits per heavy atom. The van der Waals surface area contributed by atoms with Gasteiger partial charge in [-0.2, -0.15) is 0 Å². The number of rotatable bonds is 0. The van der Waals surface area contributed by atoms with Gasteiger partial charge in [0, 0.05) is 13.6 Å². The van der Waals surface area contributed by atoms with Crippen LogP contribution in [0.2, 0.25) is 0 Å². The highest BCUT2D eigenvalue weighted by molar-refractivity contribution is 9.10. The molecule has 1 aliphatic rings. The van der Waals surface area contributed by atoms with Crippen molar-refractivity contribution in [3.8, 4) is 0 Å². The summed E-state index contributed by atoms with van der Waals surface area (Å²) in [6, 6.07) is 3.75. The molecule has 0 spiro atoms. The van der Waals surface area contributed by atoms with E-state index in [1.807, 2.05) is 18.0 Å². The van der Waals surface area contributed by atoms with E-state index in [1.54, 1.807) is 6.07 Å². The zero-order valence-corrected chi connectivity index (χ0v) is 8.36. The Morgan fingerprint density at radius 3 is 3.00 bits per heavy atom. The van der Waals surface area contributed by atoms with Gasteiger partial charge in [0.05, 0.1) is 10.2 Å². The molecule has 0 saturated heterocycles. The topological polar surface area (TPSA) is 3.24 Å². The Labute approximate surface area is 79.3 Å². The molecule has 0 N–H and O–H groups in total. The molecule has 12 heavy (non-hydrogen) atoms. The fraction of sp³-hybridized carbons (Fsp3) is 0.333. The highest BCUT2D eigenvalue weighted by atomic mass is 79.9. The first-order valence-electron chi connectivity index (χ1n) is 3.88. The summed E-state index contributed by atoms with van der Waals surface area (Å²) in [5.41, 5.74) is 1.86. The molecule has 0 atom stereocenters. The molecule has 0 fully saturated rings. The summed E-state index contributed by atoms with van der Waals surface area (Å²) in [5.74, 6) is -0.132. The molecule has 3 heteroatoms. The molecule has 0 aromatic heterocycles. The molecule has 0 unspecified atom stereocenters. The Morgan fingerprint density at radius 1 is 1.50 bits per heavy atom. The first-order chi connectivity index (χ1) is 5.70. The van der Waals surface area contributed by atoms with E-state index in [0.717, 1.165) is 24.2 Å². The van der Waals surface area contributed by atoms with Gasteiger partial charge in [0.25, 0.3) is 0 Å². The summed E-state index contributed by atoms with van der Waals surface area (Å²) in [5, 5.41) is 0. The minimum atomic E-state index is -0.132. The number of anilines is 1. The monoisotopic (exact) mass is 229 g/mol. The molecular weight excluding hydrogens is 221 g/mol. The number of likely N-dealkylation sites (N-methyl/N-ethyl adjacent to an activating group) is 1. The zero-order chi connectivity index (χ0) is 8.72. The number of benzene rings is 1. The fourth-order valence-corrected chi connectivity index (χ4v) is 1.91. The van der Waals surface area contributed by atoms with Crippen LogP contribution in [0.1, 0.15) is 5.56 Å². The predicted octanol–water partition coefficient (Wildman–Crippen LogP) is 2.58. The van der Waals surface area contributed by atoms with E-state index in [4.69, 9.17) is 0 Å². The van der Waals surface area contributed by atoms with Gasteiger partial charge in [-0.25, -0.2) is 4.39 Å². The normalized spacial score (nSPS) is 15.1. The van der Waals surface area contributed by atoms with E-state index >= 15 is 0 Å². The Balaban J connectivity index is 2.63. The van der Waals surface area contributed by atoms with Crippen LogP contribution in [0.4, 0.5) is 10.1 Å². The van der Waals surface area contributed by atoms with E-state index in [1.165, 1.54) is 0 Å². The van der Waals surface area contributed by atoms with Crippen LogP contribution in [0.3, 0.4) is 0 Å². The van der Waals surface area contributed by atoms with Gasteiger partial charge >= 0.3 is 0 Å². The third-order valence-electron chi connectivity index (χ3n) is 2.25. The summed E-state index contributed by atoms with van der Waals surface area (Å²) < 4.78 is 14.0. The predicted molar refractivity (Wildman–Crippen MR) is 51.1 cm³/mol. The second-order valence-electron chi connectivity index (χ2n) is 3.04. The van der Waals surface area contributed by atoms with Gasteiger partial charge in [-0.15, -0.1) is 0 Å². The molecule has 0 bridgehead atoms. The second-order valence-corrected chi connectivity index (χ2v) is 3.89. The van der Waals surface area contributed by atoms with E-state index in [2.05, 4.69) is 15.9 Å². The van der Waals surface area contributed by atoms with Crippen molar-refractivity contribution < 1.29 is 4.39 Å². The van der Waals surface area contributed by atoms with E-state index < -0.39 is 0 Å².